The van der Waals surface area contributed by atoms with Gasteiger partial charge in [0.2, 0.25) is 0 Å². The average Bonchev–Trinajstić information content (AvgIpc) is 2.78. The minimum Gasteiger partial charge on any atom is -0.504 e. The molecular weight excluding hydrogens is 419 g/mol. The molecule has 0 bridgehead atoms. The van der Waals surface area contributed by atoms with E-state index in [-0.39, 0.29) is 17.5 Å². The number of hydrogen-bond donors (Lipinski definition) is 2. The van der Waals surface area contributed by atoms with E-state index in [1.54, 1.807) is 12.1 Å². The Kier molecular flexibility index (Phi) is 5.97. The number of nitrogens with zero attached hydrogens (tertiary/aromatic N) is 3. The summed E-state index contributed by atoms with van der Waals surface area (Å²) in [5.41, 5.74) is 1.94. The molecule has 0 radical (unpaired) electrons. The second kappa shape index (κ2) is 8.70. The highest BCUT2D eigenvalue weighted by Crippen LogP contribution is 2.39. The Morgan fingerprint density at radius 2 is 1.59 bits per heavy atom. The summed E-state index contributed by atoms with van der Waals surface area (Å²) in [6.45, 7) is 4.35. The Balaban J connectivity index is 1.56. The van der Waals surface area contributed by atoms with Crippen LogP contribution in [0.2, 0.25) is 0 Å². The molecule has 0 saturated carbocycles. The molecule has 8 heteroatoms. The average molecular weight is 443 g/mol. The number of pyridine rings is 1. The van der Waals surface area contributed by atoms with Crippen LogP contribution in [0.3, 0.4) is 0 Å². The molecule has 1 aliphatic rings. The molecule has 168 valence electrons. The number of anilines is 1. The maximum atomic E-state index is 12.8. The fourth-order valence-electron chi connectivity index (χ4n) is 4.06. The van der Waals surface area contributed by atoms with Crippen molar-refractivity contribution in [3.63, 3.8) is 0 Å². The van der Waals surface area contributed by atoms with Gasteiger partial charge < -0.3 is 15.1 Å². The molecule has 1 fully saturated rings. The molecule has 0 amide bonds. The number of halogens is 3. The van der Waals surface area contributed by atoms with E-state index in [0.29, 0.717) is 37.6 Å². The number of benzene rings is 2. The first-order valence-corrected chi connectivity index (χ1v) is 10.3. The summed E-state index contributed by atoms with van der Waals surface area (Å²) in [5.74, 6) is 0.182. The molecule has 1 aliphatic heterocycles. The van der Waals surface area contributed by atoms with E-state index in [1.807, 2.05) is 36.1 Å². The van der Waals surface area contributed by atoms with E-state index < -0.39 is 11.7 Å². The molecule has 4 rings (SSSR count). The summed E-state index contributed by atoms with van der Waals surface area (Å²) in [4.78, 5) is 8.15. The van der Waals surface area contributed by atoms with Crippen molar-refractivity contribution in [2.24, 2.45) is 0 Å². The lowest BCUT2D eigenvalue weighted by molar-refractivity contribution is -0.137. The van der Waals surface area contributed by atoms with Crippen molar-refractivity contribution in [3.05, 3.63) is 83.0 Å². The van der Waals surface area contributed by atoms with Gasteiger partial charge in [0.25, 0.3) is 0 Å². The van der Waals surface area contributed by atoms with Crippen molar-refractivity contribution < 1.29 is 23.4 Å². The van der Waals surface area contributed by atoms with Gasteiger partial charge in [-0.2, -0.15) is 13.2 Å². The number of para-hydroxylation sites is 1. The SMILES string of the molecule is Cc1ccc([C@@H](c2cccc(O)c2O)N2CCN(c3ccc(C(F)(F)F)cn3)CC2)cc1. The van der Waals surface area contributed by atoms with Crippen LogP contribution in [-0.2, 0) is 6.18 Å². The predicted octanol–water partition coefficient (Wildman–Crippen LogP) is 4.73. The van der Waals surface area contributed by atoms with E-state index in [4.69, 9.17) is 0 Å². The summed E-state index contributed by atoms with van der Waals surface area (Å²) < 4.78 is 38.4. The lowest BCUT2D eigenvalue weighted by atomic mass is 9.94. The van der Waals surface area contributed by atoms with E-state index >= 15 is 0 Å². The predicted molar refractivity (Wildman–Crippen MR) is 116 cm³/mol. The van der Waals surface area contributed by atoms with Crippen molar-refractivity contribution in [1.82, 2.24) is 9.88 Å². The Bertz CT molecular complexity index is 1060. The fraction of sp³-hybridized carbons (Fsp3) is 0.292. The highest BCUT2D eigenvalue weighted by molar-refractivity contribution is 5.49. The topological polar surface area (TPSA) is 59.8 Å². The molecule has 5 nitrogen and oxygen atoms in total. The van der Waals surface area contributed by atoms with Crippen molar-refractivity contribution >= 4 is 5.82 Å². The first kappa shape index (κ1) is 22.0. The molecule has 32 heavy (non-hydrogen) atoms. The van der Waals surface area contributed by atoms with Crippen LogP contribution in [0, 0.1) is 6.92 Å². The highest BCUT2D eigenvalue weighted by atomic mass is 19.4. The zero-order valence-corrected chi connectivity index (χ0v) is 17.5. The van der Waals surface area contributed by atoms with Gasteiger partial charge in [-0.1, -0.05) is 42.0 Å². The fourth-order valence-corrected chi connectivity index (χ4v) is 4.06. The van der Waals surface area contributed by atoms with Crippen molar-refractivity contribution in [1.29, 1.82) is 0 Å². The van der Waals surface area contributed by atoms with Gasteiger partial charge in [0, 0.05) is 37.9 Å². The summed E-state index contributed by atoms with van der Waals surface area (Å²) in [5, 5.41) is 20.6. The van der Waals surface area contributed by atoms with Gasteiger partial charge in [-0.05, 0) is 30.7 Å². The third-order valence-electron chi connectivity index (χ3n) is 5.81. The van der Waals surface area contributed by atoms with Crippen LogP contribution in [-0.4, -0.2) is 46.3 Å². The van der Waals surface area contributed by atoms with Crippen LogP contribution in [0.1, 0.15) is 28.3 Å². The lowest BCUT2D eigenvalue weighted by Crippen LogP contribution is -2.48. The minimum absolute atomic E-state index is 0.148. The van der Waals surface area contributed by atoms with Gasteiger partial charge >= 0.3 is 6.18 Å². The lowest BCUT2D eigenvalue weighted by Gasteiger charge is -2.40. The van der Waals surface area contributed by atoms with Crippen LogP contribution in [0.4, 0.5) is 19.0 Å². The number of hydrogen-bond acceptors (Lipinski definition) is 5. The van der Waals surface area contributed by atoms with E-state index in [2.05, 4.69) is 9.88 Å². The molecule has 2 N–H and O–H groups in total. The summed E-state index contributed by atoms with van der Waals surface area (Å²) >= 11 is 0. The monoisotopic (exact) mass is 443 g/mol. The molecule has 2 heterocycles. The molecular formula is C24H24F3N3O2. The summed E-state index contributed by atoms with van der Waals surface area (Å²) in [7, 11) is 0. The number of aromatic hydroxyl groups is 2. The molecule has 0 aliphatic carbocycles. The number of phenols is 2. The van der Waals surface area contributed by atoms with E-state index in [9.17, 15) is 23.4 Å². The zero-order chi connectivity index (χ0) is 22.9. The number of aryl methyl sites for hydroxylation is 1. The van der Waals surface area contributed by atoms with Gasteiger partial charge in [-0.3, -0.25) is 4.90 Å². The number of piperazine rings is 1. The first-order valence-electron chi connectivity index (χ1n) is 10.3. The second-order valence-electron chi connectivity index (χ2n) is 7.95. The summed E-state index contributed by atoms with van der Waals surface area (Å²) in [6, 6.07) is 15.1. The van der Waals surface area contributed by atoms with Gasteiger partial charge in [0.1, 0.15) is 5.82 Å². The van der Waals surface area contributed by atoms with Gasteiger partial charge in [0.05, 0.1) is 11.6 Å². The quantitative estimate of drug-likeness (QED) is 0.571. The first-order chi connectivity index (χ1) is 15.2. The maximum Gasteiger partial charge on any atom is 0.417 e. The number of phenolic OH excluding ortho intramolecular Hbond substituents is 2. The highest BCUT2D eigenvalue weighted by Gasteiger charge is 2.32. The molecule has 2 aromatic carbocycles. The summed E-state index contributed by atoms with van der Waals surface area (Å²) in [6.07, 6.45) is -3.55. The molecule has 3 aromatic rings. The Hall–Kier alpha value is -3.26. The zero-order valence-electron chi connectivity index (χ0n) is 17.5. The van der Waals surface area contributed by atoms with Crippen molar-refractivity contribution in [2.75, 3.05) is 31.1 Å². The molecule has 1 aromatic heterocycles. The van der Waals surface area contributed by atoms with Crippen LogP contribution in [0.15, 0.2) is 60.8 Å². The van der Waals surface area contributed by atoms with Crippen LogP contribution in [0.25, 0.3) is 0 Å². The van der Waals surface area contributed by atoms with Crippen LogP contribution >= 0.6 is 0 Å². The third kappa shape index (κ3) is 4.50. The van der Waals surface area contributed by atoms with Crippen molar-refractivity contribution in [3.8, 4) is 11.5 Å². The largest absolute Gasteiger partial charge is 0.504 e. The van der Waals surface area contributed by atoms with Gasteiger partial charge in [-0.15, -0.1) is 0 Å². The molecule has 0 spiro atoms. The standard InChI is InChI=1S/C24H24F3N3O2/c1-16-5-7-17(8-6-16)22(19-3-2-4-20(31)23(19)32)30-13-11-29(12-14-30)21-10-9-18(15-28-21)24(25,26)27/h2-10,15,22,31-32H,11-14H2,1H3/t22-/m0/s1. The third-order valence-corrected chi connectivity index (χ3v) is 5.81. The molecule has 1 saturated heterocycles. The Morgan fingerprint density at radius 1 is 0.906 bits per heavy atom. The van der Waals surface area contributed by atoms with Gasteiger partial charge in [-0.25, -0.2) is 4.98 Å². The normalized spacial score (nSPS) is 16.2. The van der Waals surface area contributed by atoms with E-state index in [0.717, 1.165) is 23.4 Å². The number of alkyl halides is 3. The Labute approximate surface area is 184 Å². The van der Waals surface area contributed by atoms with Gasteiger partial charge in [0.15, 0.2) is 11.5 Å². The Morgan fingerprint density at radius 3 is 2.19 bits per heavy atom. The smallest absolute Gasteiger partial charge is 0.417 e. The molecule has 1 atom stereocenters. The maximum absolute atomic E-state index is 12.8. The van der Waals surface area contributed by atoms with Crippen LogP contribution in [0.5, 0.6) is 11.5 Å². The minimum atomic E-state index is -4.41. The molecule has 0 unspecified atom stereocenters. The van der Waals surface area contributed by atoms with E-state index in [1.165, 1.54) is 12.1 Å². The van der Waals surface area contributed by atoms with Crippen molar-refractivity contribution in [2.45, 2.75) is 19.1 Å². The number of rotatable bonds is 4. The van der Waals surface area contributed by atoms with Crippen LogP contribution < -0.4 is 4.90 Å². The number of aromatic nitrogens is 1. The second-order valence-corrected chi connectivity index (χ2v) is 7.95.